The number of nitrogens with zero attached hydrogens (tertiary/aromatic N) is 3. The average molecular weight is 307 g/mol. The van der Waals surface area contributed by atoms with Gasteiger partial charge in [-0.05, 0) is 36.4 Å². The number of aromatic nitrogens is 3. The molecule has 0 saturated heterocycles. The van der Waals surface area contributed by atoms with Gasteiger partial charge in [0.1, 0.15) is 11.0 Å². The Morgan fingerprint density at radius 2 is 1.74 bits per heavy atom. The van der Waals surface area contributed by atoms with E-state index in [1.807, 2.05) is 30.3 Å². The van der Waals surface area contributed by atoms with Gasteiger partial charge in [0.15, 0.2) is 0 Å². The highest BCUT2D eigenvalue weighted by Gasteiger charge is 2.06. The van der Waals surface area contributed by atoms with Gasteiger partial charge < -0.3 is 15.2 Å². The molecule has 1 heterocycles. The second-order valence-corrected chi connectivity index (χ2v) is 4.67. The number of carboxylic acid groups (broad SMARTS) is 1. The summed E-state index contributed by atoms with van der Waals surface area (Å²) < 4.78 is 0. The molecule has 7 heteroatoms. The van der Waals surface area contributed by atoms with E-state index in [1.165, 1.54) is 4.80 Å². The molecule has 0 bridgehead atoms. The number of rotatable bonds is 4. The highest BCUT2D eigenvalue weighted by atomic mass is 16.4. The number of amides is 1. The molecule has 7 nitrogen and oxygen atoms in total. The Morgan fingerprint density at radius 1 is 1.00 bits per heavy atom. The normalized spacial score (nSPS) is 11.0. The summed E-state index contributed by atoms with van der Waals surface area (Å²) in [6.45, 7) is 0. The SMILES string of the molecule is O=C([O-])C=CC(=O)Nc1ccc2nn(-c3ccccc3)nc2c1. The van der Waals surface area contributed by atoms with Crippen LogP contribution in [0.25, 0.3) is 16.7 Å². The second kappa shape index (κ2) is 6.10. The zero-order valence-electron chi connectivity index (χ0n) is 11.8. The maximum Gasteiger partial charge on any atom is 0.248 e. The smallest absolute Gasteiger partial charge is 0.248 e. The molecule has 0 atom stereocenters. The predicted octanol–water partition coefficient (Wildman–Crippen LogP) is 0.665. The van der Waals surface area contributed by atoms with E-state index in [4.69, 9.17) is 0 Å². The Morgan fingerprint density at radius 3 is 2.48 bits per heavy atom. The third-order valence-electron chi connectivity index (χ3n) is 3.01. The van der Waals surface area contributed by atoms with Crippen LogP contribution >= 0.6 is 0 Å². The van der Waals surface area contributed by atoms with Crippen molar-refractivity contribution in [1.82, 2.24) is 15.0 Å². The number of carboxylic acids is 1. The summed E-state index contributed by atoms with van der Waals surface area (Å²) in [7, 11) is 0. The molecule has 0 saturated carbocycles. The lowest BCUT2D eigenvalue weighted by molar-refractivity contribution is -0.297. The van der Waals surface area contributed by atoms with Gasteiger partial charge in [-0.3, -0.25) is 4.79 Å². The minimum atomic E-state index is -1.43. The topological polar surface area (TPSA) is 99.9 Å². The summed E-state index contributed by atoms with van der Waals surface area (Å²) in [5.74, 6) is -1.99. The van der Waals surface area contributed by atoms with E-state index in [1.54, 1.807) is 18.2 Å². The molecular formula is C16H11N4O3-. The number of carbonyl (C=O) groups excluding carboxylic acids is 2. The first-order valence-corrected chi connectivity index (χ1v) is 6.74. The number of anilines is 1. The van der Waals surface area contributed by atoms with E-state index >= 15 is 0 Å². The molecule has 114 valence electrons. The first-order valence-electron chi connectivity index (χ1n) is 6.74. The maximum atomic E-state index is 11.5. The number of aliphatic carboxylic acids is 1. The van der Waals surface area contributed by atoms with E-state index in [0.29, 0.717) is 22.8 Å². The van der Waals surface area contributed by atoms with Gasteiger partial charge in [-0.15, -0.1) is 10.2 Å². The van der Waals surface area contributed by atoms with Crippen molar-refractivity contribution in [3.63, 3.8) is 0 Å². The monoisotopic (exact) mass is 307 g/mol. The summed E-state index contributed by atoms with van der Waals surface area (Å²) in [4.78, 5) is 23.3. The summed E-state index contributed by atoms with van der Waals surface area (Å²) in [5, 5.41) is 21.5. The van der Waals surface area contributed by atoms with Crippen LogP contribution in [-0.2, 0) is 9.59 Å². The first-order chi connectivity index (χ1) is 11.1. The van der Waals surface area contributed by atoms with Gasteiger partial charge in [-0.25, -0.2) is 0 Å². The number of para-hydroxylation sites is 1. The number of hydrogen-bond donors (Lipinski definition) is 1. The molecule has 0 aliphatic carbocycles. The fourth-order valence-corrected chi connectivity index (χ4v) is 2.00. The van der Waals surface area contributed by atoms with E-state index in [2.05, 4.69) is 15.5 Å². The Hall–Kier alpha value is -3.48. The first kappa shape index (κ1) is 14.5. The molecule has 1 N–H and O–H groups in total. The van der Waals surface area contributed by atoms with Crippen LogP contribution in [0.5, 0.6) is 0 Å². The van der Waals surface area contributed by atoms with Crippen molar-refractivity contribution in [2.45, 2.75) is 0 Å². The average Bonchev–Trinajstić information content (AvgIpc) is 2.97. The van der Waals surface area contributed by atoms with E-state index < -0.39 is 11.9 Å². The molecule has 23 heavy (non-hydrogen) atoms. The molecule has 0 unspecified atom stereocenters. The maximum absolute atomic E-state index is 11.5. The third kappa shape index (κ3) is 3.41. The van der Waals surface area contributed by atoms with Crippen molar-refractivity contribution < 1.29 is 14.7 Å². The van der Waals surface area contributed by atoms with Gasteiger partial charge >= 0.3 is 0 Å². The third-order valence-corrected chi connectivity index (χ3v) is 3.01. The van der Waals surface area contributed by atoms with E-state index in [9.17, 15) is 14.7 Å². The molecular weight excluding hydrogens is 296 g/mol. The van der Waals surface area contributed by atoms with Crippen molar-refractivity contribution in [2.24, 2.45) is 0 Å². The number of nitrogens with one attached hydrogen (secondary N) is 1. The summed E-state index contributed by atoms with van der Waals surface area (Å²) in [6.07, 6.45) is 1.56. The zero-order valence-corrected chi connectivity index (χ0v) is 11.8. The summed E-state index contributed by atoms with van der Waals surface area (Å²) in [6, 6.07) is 14.5. The minimum absolute atomic E-state index is 0.491. The zero-order chi connectivity index (χ0) is 16.2. The Labute approximate surface area is 130 Å². The van der Waals surface area contributed by atoms with Gasteiger partial charge in [0.2, 0.25) is 5.91 Å². The van der Waals surface area contributed by atoms with Crippen LogP contribution in [0.15, 0.2) is 60.7 Å². The van der Waals surface area contributed by atoms with Crippen LogP contribution in [0.3, 0.4) is 0 Å². The van der Waals surface area contributed by atoms with Crippen molar-refractivity contribution >= 4 is 28.6 Å². The Bertz CT molecular complexity index is 900. The molecule has 3 rings (SSSR count). The highest BCUT2D eigenvalue weighted by molar-refractivity contribution is 6.02. The van der Waals surface area contributed by atoms with Crippen molar-refractivity contribution in [3.05, 3.63) is 60.7 Å². The molecule has 0 fully saturated rings. The predicted molar refractivity (Wildman–Crippen MR) is 81.6 cm³/mol. The van der Waals surface area contributed by atoms with Crippen molar-refractivity contribution in [3.8, 4) is 5.69 Å². The van der Waals surface area contributed by atoms with Crippen LogP contribution in [0.2, 0.25) is 0 Å². The summed E-state index contributed by atoms with van der Waals surface area (Å²) in [5.41, 5.74) is 2.60. The van der Waals surface area contributed by atoms with Crippen LogP contribution < -0.4 is 10.4 Å². The highest BCUT2D eigenvalue weighted by Crippen LogP contribution is 2.17. The standard InChI is InChI=1S/C16H12N4O3/c21-15(8-9-16(22)23)17-11-6-7-13-14(10-11)19-20(18-13)12-4-2-1-3-5-12/h1-10H,(H,17,21)(H,22,23)/p-1. The number of hydrogen-bond acceptors (Lipinski definition) is 5. The van der Waals surface area contributed by atoms with Gasteiger partial charge in [0, 0.05) is 11.8 Å². The molecule has 2 aromatic carbocycles. The van der Waals surface area contributed by atoms with Gasteiger partial charge in [0.05, 0.1) is 11.7 Å². The fraction of sp³-hybridized carbons (Fsp3) is 0. The largest absolute Gasteiger partial charge is 0.545 e. The lowest BCUT2D eigenvalue weighted by Gasteiger charge is -2.01. The number of benzene rings is 2. The van der Waals surface area contributed by atoms with Crippen molar-refractivity contribution in [2.75, 3.05) is 5.32 Å². The number of carbonyl (C=O) groups is 2. The Balaban J connectivity index is 1.85. The van der Waals surface area contributed by atoms with Crippen molar-refractivity contribution in [1.29, 1.82) is 0 Å². The molecule has 1 aromatic heterocycles. The van der Waals surface area contributed by atoms with Crippen LogP contribution in [-0.4, -0.2) is 26.9 Å². The van der Waals surface area contributed by atoms with Crippen LogP contribution in [0.1, 0.15) is 0 Å². The van der Waals surface area contributed by atoms with Gasteiger partial charge in [0.25, 0.3) is 0 Å². The summed E-state index contributed by atoms with van der Waals surface area (Å²) >= 11 is 0. The lowest BCUT2D eigenvalue weighted by Crippen LogP contribution is -2.20. The number of fused-ring (bicyclic) bond motifs is 1. The molecule has 0 spiro atoms. The molecule has 0 aliphatic heterocycles. The molecule has 0 radical (unpaired) electrons. The molecule has 0 aliphatic rings. The van der Waals surface area contributed by atoms with Crippen LogP contribution in [0, 0.1) is 0 Å². The molecule has 1 amide bonds. The van der Waals surface area contributed by atoms with Gasteiger partial charge in [-0.1, -0.05) is 18.2 Å². The second-order valence-electron chi connectivity index (χ2n) is 4.67. The quantitative estimate of drug-likeness (QED) is 0.714. The lowest BCUT2D eigenvalue weighted by atomic mass is 10.2. The van der Waals surface area contributed by atoms with Gasteiger partial charge in [-0.2, -0.15) is 4.80 Å². The van der Waals surface area contributed by atoms with Crippen LogP contribution in [0.4, 0.5) is 5.69 Å². The van der Waals surface area contributed by atoms with E-state index in [0.717, 1.165) is 11.8 Å². The fourth-order valence-electron chi connectivity index (χ4n) is 2.00. The Kier molecular flexibility index (Phi) is 3.84. The van der Waals surface area contributed by atoms with E-state index in [-0.39, 0.29) is 0 Å². The molecule has 3 aromatic rings. The minimum Gasteiger partial charge on any atom is -0.545 e.